The topological polar surface area (TPSA) is 0 Å². The lowest BCUT2D eigenvalue weighted by molar-refractivity contribution is 0.913. The number of aryl methyl sites for hydroxylation is 1. The maximum absolute atomic E-state index is 5.99. The van der Waals surface area contributed by atoms with Crippen molar-refractivity contribution in [3.63, 3.8) is 0 Å². The van der Waals surface area contributed by atoms with Crippen LogP contribution in [-0.4, -0.2) is 0 Å². The van der Waals surface area contributed by atoms with Gasteiger partial charge in [0.1, 0.15) is 0 Å². The molecule has 0 aromatic heterocycles. The lowest BCUT2D eigenvalue weighted by Crippen LogP contribution is -1.89. The summed E-state index contributed by atoms with van der Waals surface area (Å²) >= 11 is 11.8. The van der Waals surface area contributed by atoms with Gasteiger partial charge in [-0.15, -0.1) is 0 Å². The molecule has 12 heavy (non-hydrogen) atoms. The molecule has 0 atom stereocenters. The van der Waals surface area contributed by atoms with Crippen LogP contribution in [0.5, 0.6) is 0 Å². The maximum Gasteiger partial charge on any atom is 0.0624 e. The van der Waals surface area contributed by atoms with E-state index in [0.717, 1.165) is 18.4 Å². The van der Waals surface area contributed by atoms with E-state index in [9.17, 15) is 0 Å². The number of rotatable bonds is 2. The Morgan fingerprint density at radius 1 is 1.25 bits per heavy atom. The molecule has 0 bridgehead atoms. The van der Waals surface area contributed by atoms with E-state index < -0.39 is 0 Å². The van der Waals surface area contributed by atoms with Crippen molar-refractivity contribution in [1.82, 2.24) is 0 Å². The van der Waals surface area contributed by atoms with E-state index in [2.05, 4.69) is 6.92 Å². The minimum absolute atomic E-state index is 0.647. The minimum atomic E-state index is 0.647. The predicted octanol–water partition coefficient (Wildman–Crippen LogP) is 4.25. The summed E-state index contributed by atoms with van der Waals surface area (Å²) in [6.45, 7) is 4.17. The van der Waals surface area contributed by atoms with Gasteiger partial charge < -0.3 is 0 Å². The van der Waals surface area contributed by atoms with Gasteiger partial charge in [-0.3, -0.25) is 0 Å². The van der Waals surface area contributed by atoms with Crippen LogP contribution in [0.2, 0.25) is 10.0 Å². The molecule has 0 aliphatic carbocycles. The molecule has 0 N–H and O–H groups in total. The zero-order valence-corrected chi connectivity index (χ0v) is 8.84. The Morgan fingerprint density at radius 3 is 2.50 bits per heavy atom. The summed E-state index contributed by atoms with van der Waals surface area (Å²) in [7, 11) is 0. The van der Waals surface area contributed by atoms with Gasteiger partial charge >= 0.3 is 0 Å². The van der Waals surface area contributed by atoms with Crippen LogP contribution in [0.3, 0.4) is 0 Å². The molecule has 1 rings (SSSR count). The van der Waals surface area contributed by atoms with Gasteiger partial charge in [0.2, 0.25) is 0 Å². The number of benzene rings is 1. The van der Waals surface area contributed by atoms with Crippen molar-refractivity contribution in [2.75, 3.05) is 0 Å². The third-order valence-electron chi connectivity index (χ3n) is 1.97. The van der Waals surface area contributed by atoms with Gasteiger partial charge in [0.15, 0.2) is 0 Å². The lowest BCUT2D eigenvalue weighted by Gasteiger charge is -2.06. The highest BCUT2D eigenvalue weighted by Gasteiger charge is 2.04. The molecular formula is C10H12Cl2. The first kappa shape index (κ1) is 9.88. The standard InChI is InChI=1S/C10H12Cl2/c1-3-4-8-5-6-9(11)10(12)7(8)2/h5-6H,3-4H2,1-2H3. The fraction of sp³-hybridized carbons (Fsp3) is 0.400. The van der Waals surface area contributed by atoms with E-state index in [4.69, 9.17) is 23.2 Å². The van der Waals surface area contributed by atoms with Crippen molar-refractivity contribution in [1.29, 1.82) is 0 Å². The molecule has 0 aliphatic heterocycles. The lowest BCUT2D eigenvalue weighted by atomic mass is 10.0. The summed E-state index contributed by atoms with van der Waals surface area (Å²) in [6.07, 6.45) is 2.21. The summed E-state index contributed by atoms with van der Waals surface area (Å²) < 4.78 is 0. The Bertz CT molecular complexity index is 279. The van der Waals surface area contributed by atoms with Gasteiger partial charge in [-0.05, 0) is 30.5 Å². The van der Waals surface area contributed by atoms with Gasteiger partial charge in [0.05, 0.1) is 10.0 Å². The summed E-state index contributed by atoms with van der Waals surface area (Å²) in [5.74, 6) is 0. The molecule has 0 saturated heterocycles. The molecule has 1 aromatic carbocycles. The van der Waals surface area contributed by atoms with E-state index in [-0.39, 0.29) is 0 Å². The summed E-state index contributed by atoms with van der Waals surface area (Å²) in [5, 5.41) is 1.34. The average Bonchev–Trinajstić information content (AvgIpc) is 2.07. The average molecular weight is 203 g/mol. The van der Waals surface area contributed by atoms with Crippen molar-refractivity contribution in [2.45, 2.75) is 26.7 Å². The normalized spacial score (nSPS) is 10.3. The van der Waals surface area contributed by atoms with Crippen molar-refractivity contribution < 1.29 is 0 Å². The van der Waals surface area contributed by atoms with Gasteiger partial charge in [-0.1, -0.05) is 42.6 Å². The molecule has 0 spiro atoms. The Balaban J connectivity index is 3.08. The molecule has 0 amide bonds. The molecule has 0 aliphatic rings. The Hall–Kier alpha value is -0.200. The van der Waals surface area contributed by atoms with Crippen LogP contribution in [-0.2, 0) is 6.42 Å². The molecular weight excluding hydrogens is 191 g/mol. The maximum atomic E-state index is 5.99. The van der Waals surface area contributed by atoms with Crippen LogP contribution in [0.1, 0.15) is 24.5 Å². The monoisotopic (exact) mass is 202 g/mol. The number of halogens is 2. The van der Waals surface area contributed by atoms with Crippen LogP contribution >= 0.6 is 23.2 Å². The van der Waals surface area contributed by atoms with E-state index in [1.807, 2.05) is 19.1 Å². The van der Waals surface area contributed by atoms with E-state index >= 15 is 0 Å². The largest absolute Gasteiger partial charge is 0.0827 e. The van der Waals surface area contributed by atoms with Crippen molar-refractivity contribution in [2.24, 2.45) is 0 Å². The minimum Gasteiger partial charge on any atom is -0.0827 e. The smallest absolute Gasteiger partial charge is 0.0624 e. The van der Waals surface area contributed by atoms with Gasteiger partial charge in [0.25, 0.3) is 0 Å². The molecule has 0 radical (unpaired) electrons. The highest BCUT2D eigenvalue weighted by atomic mass is 35.5. The molecule has 2 heteroatoms. The fourth-order valence-electron chi connectivity index (χ4n) is 1.23. The van der Waals surface area contributed by atoms with Crippen molar-refractivity contribution in [3.8, 4) is 0 Å². The molecule has 0 heterocycles. The summed E-state index contributed by atoms with van der Waals surface area (Å²) in [4.78, 5) is 0. The highest BCUT2D eigenvalue weighted by molar-refractivity contribution is 6.42. The first-order valence-electron chi connectivity index (χ1n) is 4.10. The van der Waals surface area contributed by atoms with Crippen LogP contribution in [0.25, 0.3) is 0 Å². The van der Waals surface area contributed by atoms with E-state index in [1.54, 1.807) is 0 Å². The Morgan fingerprint density at radius 2 is 1.92 bits per heavy atom. The molecule has 1 aromatic rings. The second-order valence-corrected chi connectivity index (χ2v) is 3.68. The van der Waals surface area contributed by atoms with Crippen molar-refractivity contribution in [3.05, 3.63) is 33.3 Å². The van der Waals surface area contributed by atoms with Crippen LogP contribution in [0, 0.1) is 6.92 Å². The zero-order valence-electron chi connectivity index (χ0n) is 7.32. The van der Waals surface area contributed by atoms with Crippen LogP contribution in [0.4, 0.5) is 0 Å². The second-order valence-electron chi connectivity index (χ2n) is 2.90. The quantitative estimate of drug-likeness (QED) is 0.673. The zero-order chi connectivity index (χ0) is 9.14. The number of hydrogen-bond acceptors (Lipinski definition) is 0. The first-order chi connectivity index (χ1) is 5.66. The third kappa shape index (κ3) is 1.94. The molecule has 0 nitrogen and oxygen atoms in total. The molecule has 0 unspecified atom stereocenters. The molecule has 0 saturated carbocycles. The van der Waals surface area contributed by atoms with Crippen LogP contribution < -0.4 is 0 Å². The van der Waals surface area contributed by atoms with Crippen LogP contribution in [0.15, 0.2) is 12.1 Å². The van der Waals surface area contributed by atoms with Crippen molar-refractivity contribution >= 4 is 23.2 Å². The van der Waals surface area contributed by atoms with E-state index in [1.165, 1.54) is 5.56 Å². The fourth-order valence-corrected chi connectivity index (χ4v) is 1.62. The van der Waals surface area contributed by atoms with E-state index in [0.29, 0.717) is 10.0 Å². The van der Waals surface area contributed by atoms with Gasteiger partial charge in [-0.2, -0.15) is 0 Å². The summed E-state index contributed by atoms with van der Waals surface area (Å²) in [5.41, 5.74) is 2.41. The predicted molar refractivity (Wildman–Crippen MR) is 55.2 cm³/mol. The Labute approximate surface area is 83.5 Å². The molecule has 0 fully saturated rings. The first-order valence-corrected chi connectivity index (χ1v) is 4.86. The SMILES string of the molecule is CCCc1ccc(Cl)c(Cl)c1C. The number of hydrogen-bond donors (Lipinski definition) is 0. The highest BCUT2D eigenvalue weighted by Crippen LogP contribution is 2.28. The third-order valence-corrected chi connectivity index (χ3v) is 2.87. The Kier molecular flexibility index (Phi) is 3.42. The second kappa shape index (κ2) is 4.15. The van der Waals surface area contributed by atoms with Gasteiger partial charge in [0, 0.05) is 0 Å². The molecule has 66 valence electrons. The summed E-state index contributed by atoms with van der Waals surface area (Å²) in [6, 6.07) is 3.91. The van der Waals surface area contributed by atoms with Gasteiger partial charge in [-0.25, -0.2) is 0 Å².